The maximum Gasteiger partial charge on any atom is 0.302 e. The summed E-state index contributed by atoms with van der Waals surface area (Å²) in [7, 11) is -3.59. The molecule has 6 heteroatoms. The number of carbonyl (C=O) groups excluding carboxylic acids is 1. The summed E-state index contributed by atoms with van der Waals surface area (Å²) in [6, 6.07) is 6.98. The number of nitrogens with zero attached hydrogens (tertiary/aromatic N) is 1. The summed E-state index contributed by atoms with van der Waals surface area (Å²) in [5.41, 5.74) is 0.952. The van der Waals surface area contributed by atoms with E-state index in [9.17, 15) is 13.2 Å². The molecule has 0 unspecified atom stereocenters. The summed E-state index contributed by atoms with van der Waals surface area (Å²) in [5.74, 6) is -0.339. The van der Waals surface area contributed by atoms with Gasteiger partial charge in [0.25, 0.3) is 0 Å². The number of aryl methyl sites for hydroxylation is 1. The molecule has 1 aliphatic carbocycles. The van der Waals surface area contributed by atoms with Gasteiger partial charge in [-0.25, -0.2) is 8.42 Å². The van der Waals surface area contributed by atoms with Crippen LogP contribution in [-0.2, 0) is 19.6 Å². The molecule has 0 N–H and O–H groups in total. The van der Waals surface area contributed by atoms with Crippen molar-refractivity contribution in [3.05, 3.63) is 29.8 Å². The Morgan fingerprint density at radius 2 is 1.73 bits per heavy atom. The van der Waals surface area contributed by atoms with Crippen molar-refractivity contribution in [2.24, 2.45) is 5.41 Å². The Kier molecular flexibility index (Phi) is 5.72. The van der Waals surface area contributed by atoms with Crippen LogP contribution < -0.4 is 0 Å². The van der Waals surface area contributed by atoms with Crippen LogP contribution in [0.3, 0.4) is 0 Å². The zero-order valence-electron chi connectivity index (χ0n) is 15.7. The number of rotatable bonds is 3. The van der Waals surface area contributed by atoms with Gasteiger partial charge in [-0.15, -0.1) is 0 Å². The summed E-state index contributed by atoms with van der Waals surface area (Å²) in [4.78, 5) is 11.8. The second-order valence-electron chi connectivity index (χ2n) is 7.96. The number of carbonyl (C=O) groups is 1. The first kappa shape index (κ1) is 19.4. The quantitative estimate of drug-likeness (QED) is 0.752. The normalized spacial score (nSPS) is 24.2. The minimum Gasteiger partial charge on any atom is -0.461 e. The topological polar surface area (TPSA) is 63.7 Å². The van der Waals surface area contributed by atoms with Crippen molar-refractivity contribution in [1.82, 2.24) is 4.31 Å². The molecule has 1 aromatic rings. The highest BCUT2D eigenvalue weighted by molar-refractivity contribution is 7.89. The fourth-order valence-corrected chi connectivity index (χ4v) is 6.06. The van der Waals surface area contributed by atoms with Gasteiger partial charge >= 0.3 is 5.97 Å². The van der Waals surface area contributed by atoms with Crippen LogP contribution in [0.4, 0.5) is 0 Å². The molecule has 0 bridgehead atoms. The Bertz CT molecular complexity index is 734. The third-order valence-electron chi connectivity index (χ3n) is 5.74. The van der Waals surface area contributed by atoms with Crippen LogP contribution in [0.15, 0.2) is 29.2 Å². The largest absolute Gasteiger partial charge is 0.461 e. The van der Waals surface area contributed by atoms with Crippen LogP contribution >= 0.6 is 0 Å². The van der Waals surface area contributed by atoms with Crippen molar-refractivity contribution < 1.29 is 17.9 Å². The molecule has 2 aliphatic rings. The Balaban J connectivity index is 1.91. The lowest BCUT2D eigenvalue weighted by Crippen LogP contribution is -2.52. The van der Waals surface area contributed by atoms with E-state index in [1.54, 1.807) is 16.4 Å². The number of piperidine rings is 1. The molecule has 0 aromatic heterocycles. The van der Waals surface area contributed by atoms with Gasteiger partial charge in [-0.2, -0.15) is 4.31 Å². The van der Waals surface area contributed by atoms with Crippen molar-refractivity contribution in [1.29, 1.82) is 0 Å². The summed E-state index contributed by atoms with van der Waals surface area (Å²) >= 11 is 0. The fraction of sp³-hybridized carbons (Fsp3) is 0.650. The van der Waals surface area contributed by atoms with Crippen LogP contribution in [0.1, 0.15) is 57.4 Å². The van der Waals surface area contributed by atoms with Crippen LogP contribution in [0.2, 0.25) is 0 Å². The summed E-state index contributed by atoms with van der Waals surface area (Å²) in [6.07, 6.45) is 7.05. The SMILES string of the molecule is CC(=O)O[C@H]1CN(S(=O)(=O)c2ccc(C)cc2)CC2(CCCCCC2)C1. The molecule has 1 saturated carbocycles. The molecule has 0 radical (unpaired) electrons. The highest BCUT2D eigenvalue weighted by Gasteiger charge is 2.44. The van der Waals surface area contributed by atoms with Gasteiger partial charge in [0.05, 0.1) is 11.4 Å². The van der Waals surface area contributed by atoms with Gasteiger partial charge in [0.15, 0.2) is 0 Å². The first-order valence-electron chi connectivity index (χ1n) is 9.55. The van der Waals surface area contributed by atoms with Crippen molar-refractivity contribution in [2.45, 2.75) is 69.8 Å². The smallest absolute Gasteiger partial charge is 0.302 e. The van der Waals surface area contributed by atoms with Gasteiger partial charge in [-0.3, -0.25) is 4.79 Å². The summed E-state index contributed by atoms with van der Waals surface area (Å²) in [6.45, 7) is 4.11. The number of ether oxygens (including phenoxy) is 1. The number of benzene rings is 1. The van der Waals surface area contributed by atoms with Crippen LogP contribution in [0, 0.1) is 12.3 Å². The monoisotopic (exact) mass is 379 g/mol. The molecule has 26 heavy (non-hydrogen) atoms. The van der Waals surface area contributed by atoms with Gasteiger partial charge in [0.2, 0.25) is 10.0 Å². The second-order valence-corrected chi connectivity index (χ2v) is 9.90. The molecule has 1 aliphatic heterocycles. The molecule has 1 spiro atoms. The maximum atomic E-state index is 13.2. The maximum absolute atomic E-state index is 13.2. The van der Waals surface area contributed by atoms with E-state index in [2.05, 4.69) is 0 Å². The lowest BCUT2D eigenvalue weighted by atomic mass is 9.74. The zero-order valence-corrected chi connectivity index (χ0v) is 16.6. The van der Waals surface area contributed by atoms with Crippen molar-refractivity contribution >= 4 is 16.0 Å². The van der Waals surface area contributed by atoms with Crippen LogP contribution in [-0.4, -0.2) is 37.9 Å². The van der Waals surface area contributed by atoms with Gasteiger partial charge in [0.1, 0.15) is 6.10 Å². The van der Waals surface area contributed by atoms with E-state index in [1.807, 2.05) is 19.1 Å². The predicted octanol–water partition coefficient (Wildman–Crippen LogP) is 3.66. The minimum absolute atomic E-state index is 0.0768. The number of sulfonamides is 1. The predicted molar refractivity (Wildman–Crippen MR) is 100 cm³/mol. The first-order chi connectivity index (χ1) is 12.3. The molecule has 144 valence electrons. The second kappa shape index (κ2) is 7.69. The van der Waals surface area contributed by atoms with Gasteiger partial charge in [-0.1, -0.05) is 43.4 Å². The lowest BCUT2D eigenvalue weighted by Gasteiger charge is -2.45. The number of hydrogen-bond donors (Lipinski definition) is 0. The third-order valence-corrected chi connectivity index (χ3v) is 7.56. The average molecular weight is 380 g/mol. The van der Waals surface area contributed by atoms with E-state index < -0.39 is 10.0 Å². The molecule has 1 saturated heterocycles. The Morgan fingerprint density at radius 3 is 2.31 bits per heavy atom. The lowest BCUT2D eigenvalue weighted by molar-refractivity contribution is -0.151. The van der Waals surface area contributed by atoms with E-state index in [-0.39, 0.29) is 24.0 Å². The van der Waals surface area contributed by atoms with Gasteiger partial charge < -0.3 is 4.74 Å². The van der Waals surface area contributed by atoms with E-state index in [0.29, 0.717) is 11.4 Å². The van der Waals surface area contributed by atoms with E-state index in [0.717, 1.165) is 37.7 Å². The molecule has 1 aromatic carbocycles. The summed E-state index contributed by atoms with van der Waals surface area (Å²) < 4.78 is 33.5. The Morgan fingerprint density at radius 1 is 1.12 bits per heavy atom. The fourth-order valence-electron chi connectivity index (χ4n) is 4.47. The van der Waals surface area contributed by atoms with E-state index in [1.165, 1.54) is 19.8 Å². The van der Waals surface area contributed by atoms with Crippen LogP contribution in [0.25, 0.3) is 0 Å². The highest BCUT2D eigenvalue weighted by atomic mass is 32.2. The molecular weight excluding hydrogens is 350 g/mol. The minimum atomic E-state index is -3.59. The van der Waals surface area contributed by atoms with Gasteiger partial charge in [0, 0.05) is 13.5 Å². The number of hydrogen-bond acceptors (Lipinski definition) is 4. The Labute approximate surface area is 156 Å². The van der Waals surface area contributed by atoms with Crippen molar-refractivity contribution in [3.63, 3.8) is 0 Å². The van der Waals surface area contributed by atoms with E-state index >= 15 is 0 Å². The molecular formula is C20H29NO4S. The molecule has 2 fully saturated rings. The van der Waals surface area contributed by atoms with Crippen LogP contribution in [0.5, 0.6) is 0 Å². The molecule has 1 atom stereocenters. The molecule has 3 rings (SSSR count). The zero-order chi connectivity index (χ0) is 18.8. The molecule has 5 nitrogen and oxygen atoms in total. The van der Waals surface area contributed by atoms with Crippen molar-refractivity contribution in [2.75, 3.05) is 13.1 Å². The average Bonchev–Trinajstić information content (AvgIpc) is 2.79. The molecule has 0 amide bonds. The van der Waals surface area contributed by atoms with E-state index in [4.69, 9.17) is 4.74 Å². The molecule has 1 heterocycles. The number of esters is 1. The summed E-state index contributed by atoms with van der Waals surface area (Å²) in [5, 5.41) is 0. The highest BCUT2D eigenvalue weighted by Crippen LogP contribution is 2.44. The standard InChI is InChI=1S/C20H29NO4S/c1-16-7-9-19(10-8-16)26(23,24)21-14-18(25-17(2)22)13-20(15-21)11-5-3-4-6-12-20/h7-10,18H,3-6,11-15H2,1-2H3/t18-/m1/s1. The Hall–Kier alpha value is -1.40. The first-order valence-corrected chi connectivity index (χ1v) is 11.0. The third kappa shape index (κ3) is 4.29. The van der Waals surface area contributed by atoms with Gasteiger partial charge in [-0.05, 0) is 43.7 Å². The van der Waals surface area contributed by atoms with Crippen molar-refractivity contribution in [3.8, 4) is 0 Å².